The Morgan fingerprint density at radius 1 is 1.25 bits per heavy atom. The number of carboxylic acid groups (broad SMARTS) is 1. The maximum Gasteiger partial charge on any atom is 0.341 e. The van der Waals surface area contributed by atoms with E-state index in [1.807, 2.05) is 36.1 Å². The van der Waals surface area contributed by atoms with Crippen molar-refractivity contribution >= 4 is 55.0 Å². The molecule has 0 unspecified atom stereocenters. The fraction of sp³-hybridized carbons (Fsp3) is 0.357. The molecule has 40 heavy (non-hydrogen) atoms. The minimum Gasteiger partial charge on any atom is -0.492 e. The molecular formula is C28H29FN6O4S. The number of benzene rings is 2. The fourth-order valence-electron chi connectivity index (χ4n) is 5.28. The molecule has 0 bridgehead atoms. The van der Waals surface area contributed by atoms with Crippen LogP contribution in [0.1, 0.15) is 36.2 Å². The topological polar surface area (TPSA) is 112 Å². The van der Waals surface area contributed by atoms with Crippen molar-refractivity contribution in [3.8, 4) is 5.75 Å². The molecule has 0 radical (unpaired) electrons. The normalized spacial score (nSPS) is 16.6. The van der Waals surface area contributed by atoms with E-state index in [1.165, 1.54) is 13.3 Å². The van der Waals surface area contributed by atoms with Gasteiger partial charge in [0.1, 0.15) is 11.3 Å². The summed E-state index contributed by atoms with van der Waals surface area (Å²) in [6, 6.07) is 9.17. The Hall–Kier alpha value is -4.03. The van der Waals surface area contributed by atoms with Crippen molar-refractivity contribution in [2.24, 2.45) is 5.10 Å². The molecule has 0 atom stereocenters. The van der Waals surface area contributed by atoms with E-state index in [9.17, 15) is 14.7 Å². The van der Waals surface area contributed by atoms with Gasteiger partial charge in [-0.1, -0.05) is 23.5 Å². The summed E-state index contributed by atoms with van der Waals surface area (Å²) in [5.41, 5.74) is 4.58. The molecule has 2 aromatic carbocycles. The number of methoxy groups -OCH3 is 1. The number of nitrogens with zero attached hydrogens (tertiary/aromatic N) is 5. The maximum absolute atomic E-state index is 15.6. The summed E-state index contributed by atoms with van der Waals surface area (Å²) < 4.78 is 24.2. The van der Waals surface area contributed by atoms with Gasteiger partial charge in [0, 0.05) is 50.7 Å². The monoisotopic (exact) mass is 564 g/mol. The highest BCUT2D eigenvalue weighted by Crippen LogP contribution is 2.43. The molecule has 4 aromatic rings. The SMILES string of the molecule is COc1c(N2CCN(C/C(C)=N/Nc3nc4ccccc4s3)CC2)c(F)cc2c(=O)c(C(=O)O)cn(C3CC3)c12. The van der Waals surface area contributed by atoms with Gasteiger partial charge in [0.05, 0.1) is 28.2 Å². The predicted octanol–water partition coefficient (Wildman–Crippen LogP) is 4.40. The minimum absolute atomic E-state index is 0.0241. The van der Waals surface area contributed by atoms with E-state index in [4.69, 9.17) is 4.74 Å². The first-order valence-corrected chi connectivity index (χ1v) is 14.0. The van der Waals surface area contributed by atoms with Crippen LogP contribution >= 0.6 is 11.3 Å². The van der Waals surface area contributed by atoms with E-state index in [0.717, 1.165) is 40.0 Å². The summed E-state index contributed by atoms with van der Waals surface area (Å²) in [7, 11) is 1.46. The molecule has 0 spiro atoms. The highest BCUT2D eigenvalue weighted by atomic mass is 32.1. The number of hydrazone groups is 1. The summed E-state index contributed by atoms with van der Waals surface area (Å²) >= 11 is 1.55. The third kappa shape index (κ3) is 4.88. The number of aromatic nitrogens is 2. The number of pyridine rings is 1. The van der Waals surface area contributed by atoms with Gasteiger partial charge in [-0.05, 0) is 38.0 Å². The number of hydrogen-bond acceptors (Lipinski definition) is 9. The first-order chi connectivity index (χ1) is 19.3. The molecule has 1 aliphatic heterocycles. The van der Waals surface area contributed by atoms with Gasteiger partial charge in [-0.15, -0.1) is 0 Å². The molecule has 2 aliphatic rings. The Balaban J connectivity index is 1.20. The number of anilines is 2. The summed E-state index contributed by atoms with van der Waals surface area (Å²) in [5, 5.41) is 14.8. The van der Waals surface area contributed by atoms with E-state index in [-0.39, 0.29) is 22.7 Å². The first kappa shape index (κ1) is 26.2. The van der Waals surface area contributed by atoms with Gasteiger partial charge < -0.3 is 19.3 Å². The standard InChI is InChI=1S/C28H29FN6O4S/c1-16(31-32-28-30-21-5-3-4-6-22(21)40-28)14-33-9-11-34(12-10-33)24-20(29)13-18-23(26(24)39-2)35(17-7-8-17)15-19(25(18)36)27(37)38/h3-6,13,15,17H,7-12,14H2,1-2H3,(H,30,32)(H,37,38)/b31-16+. The highest BCUT2D eigenvalue weighted by molar-refractivity contribution is 7.22. The number of rotatable bonds is 8. The van der Waals surface area contributed by atoms with Gasteiger partial charge in [-0.3, -0.25) is 15.1 Å². The van der Waals surface area contributed by atoms with Crippen LogP contribution in [-0.4, -0.2) is 71.1 Å². The molecule has 208 valence electrons. The van der Waals surface area contributed by atoms with Gasteiger partial charge in [0.25, 0.3) is 0 Å². The van der Waals surface area contributed by atoms with Crippen LogP contribution in [0.3, 0.4) is 0 Å². The average molecular weight is 565 g/mol. The van der Waals surface area contributed by atoms with Crippen LogP contribution in [0.4, 0.5) is 15.2 Å². The number of thiazole rings is 1. The van der Waals surface area contributed by atoms with Crippen LogP contribution in [0.25, 0.3) is 21.1 Å². The second-order valence-electron chi connectivity index (χ2n) is 10.2. The van der Waals surface area contributed by atoms with Crippen molar-refractivity contribution < 1.29 is 19.0 Å². The van der Waals surface area contributed by atoms with Crippen molar-refractivity contribution in [2.75, 3.05) is 50.2 Å². The van der Waals surface area contributed by atoms with Crippen LogP contribution < -0.4 is 20.5 Å². The van der Waals surface area contributed by atoms with Crippen molar-refractivity contribution in [1.29, 1.82) is 0 Å². The van der Waals surface area contributed by atoms with Gasteiger partial charge in [-0.2, -0.15) is 5.10 Å². The lowest BCUT2D eigenvalue weighted by molar-refractivity contribution is 0.0694. The Kier molecular flexibility index (Phi) is 6.88. The van der Waals surface area contributed by atoms with Crippen molar-refractivity contribution in [3.05, 3.63) is 58.1 Å². The zero-order chi connectivity index (χ0) is 28.0. The molecule has 1 saturated carbocycles. The molecule has 1 aliphatic carbocycles. The summed E-state index contributed by atoms with van der Waals surface area (Å²) in [6.07, 6.45) is 3.10. The molecule has 2 N–H and O–H groups in total. The van der Waals surface area contributed by atoms with Crippen molar-refractivity contribution in [1.82, 2.24) is 14.5 Å². The molecule has 2 aromatic heterocycles. The number of ether oxygens (including phenoxy) is 1. The maximum atomic E-state index is 15.6. The van der Waals surface area contributed by atoms with Gasteiger partial charge >= 0.3 is 5.97 Å². The minimum atomic E-state index is -1.32. The summed E-state index contributed by atoms with van der Waals surface area (Å²) in [4.78, 5) is 33.4. The van der Waals surface area contributed by atoms with Crippen LogP contribution in [-0.2, 0) is 0 Å². The predicted molar refractivity (Wildman–Crippen MR) is 155 cm³/mol. The number of para-hydroxylation sites is 1. The lowest BCUT2D eigenvalue weighted by Gasteiger charge is -2.37. The van der Waals surface area contributed by atoms with Gasteiger partial charge in [0.15, 0.2) is 11.6 Å². The molecular weight excluding hydrogens is 535 g/mol. The number of nitrogens with one attached hydrogen (secondary N) is 1. The Labute approximate surface area is 233 Å². The molecule has 10 nitrogen and oxygen atoms in total. The third-order valence-electron chi connectivity index (χ3n) is 7.35. The van der Waals surface area contributed by atoms with E-state index in [2.05, 4.69) is 20.4 Å². The van der Waals surface area contributed by atoms with Crippen LogP contribution in [0.2, 0.25) is 0 Å². The summed E-state index contributed by atoms with van der Waals surface area (Å²) in [5.74, 6) is -1.66. The Morgan fingerprint density at radius 3 is 2.67 bits per heavy atom. The van der Waals surface area contributed by atoms with E-state index in [0.29, 0.717) is 43.9 Å². The van der Waals surface area contributed by atoms with Crippen LogP contribution in [0, 0.1) is 5.82 Å². The summed E-state index contributed by atoms with van der Waals surface area (Å²) in [6.45, 7) is 5.09. The Morgan fingerprint density at radius 2 is 2.00 bits per heavy atom. The van der Waals surface area contributed by atoms with Crippen LogP contribution in [0.15, 0.2) is 46.4 Å². The quantitative estimate of drug-likeness (QED) is 0.239. The number of piperazine rings is 1. The fourth-order valence-corrected chi connectivity index (χ4v) is 6.08. The van der Waals surface area contributed by atoms with E-state index in [1.54, 1.807) is 15.9 Å². The van der Waals surface area contributed by atoms with Gasteiger partial charge in [0.2, 0.25) is 10.6 Å². The zero-order valence-corrected chi connectivity index (χ0v) is 23.0. The molecule has 1 saturated heterocycles. The number of hydrogen-bond donors (Lipinski definition) is 2. The molecule has 6 rings (SSSR count). The third-order valence-corrected chi connectivity index (χ3v) is 8.29. The second-order valence-corrected chi connectivity index (χ2v) is 11.2. The van der Waals surface area contributed by atoms with E-state index < -0.39 is 17.2 Å². The Bertz CT molecular complexity index is 1670. The average Bonchev–Trinajstić information content (AvgIpc) is 3.70. The highest BCUT2D eigenvalue weighted by Gasteiger charge is 2.32. The lowest BCUT2D eigenvalue weighted by atomic mass is 10.1. The smallest absolute Gasteiger partial charge is 0.341 e. The molecule has 0 amide bonds. The zero-order valence-electron chi connectivity index (χ0n) is 22.2. The number of fused-ring (bicyclic) bond motifs is 2. The largest absolute Gasteiger partial charge is 0.492 e. The second kappa shape index (κ2) is 10.5. The van der Waals surface area contributed by atoms with E-state index >= 15 is 4.39 Å². The molecule has 3 heterocycles. The van der Waals surface area contributed by atoms with Crippen molar-refractivity contribution in [2.45, 2.75) is 25.8 Å². The van der Waals surface area contributed by atoms with Crippen LogP contribution in [0.5, 0.6) is 5.75 Å². The number of carbonyl (C=O) groups is 1. The molecule has 2 fully saturated rings. The van der Waals surface area contributed by atoms with Gasteiger partial charge in [-0.25, -0.2) is 14.2 Å². The van der Waals surface area contributed by atoms with Crippen molar-refractivity contribution in [3.63, 3.8) is 0 Å². The number of halogens is 1. The number of carboxylic acids is 1. The lowest BCUT2D eigenvalue weighted by Crippen LogP contribution is -2.48. The first-order valence-electron chi connectivity index (χ1n) is 13.1. The number of aromatic carboxylic acids is 1. The molecule has 12 heteroatoms.